The summed E-state index contributed by atoms with van der Waals surface area (Å²) < 4.78 is 4.93. The average Bonchev–Trinajstić information content (AvgIpc) is 2.19. The Morgan fingerprint density at radius 3 is 2.87 bits per heavy atom. The van der Waals surface area contributed by atoms with E-state index in [4.69, 9.17) is 10.5 Å². The third-order valence-electron chi connectivity index (χ3n) is 2.08. The first kappa shape index (κ1) is 11.7. The molecular formula is C11H16N2O2. The highest BCUT2D eigenvalue weighted by Crippen LogP contribution is 2.09. The predicted octanol–water partition coefficient (Wildman–Crippen LogP) is 0.907. The van der Waals surface area contributed by atoms with Gasteiger partial charge in [-0.05, 0) is 24.6 Å². The van der Waals surface area contributed by atoms with E-state index in [1.54, 1.807) is 0 Å². The van der Waals surface area contributed by atoms with Crippen molar-refractivity contribution in [3.05, 3.63) is 29.8 Å². The molecule has 0 spiro atoms. The van der Waals surface area contributed by atoms with Crippen molar-refractivity contribution in [1.82, 2.24) is 0 Å². The third kappa shape index (κ3) is 3.34. The van der Waals surface area contributed by atoms with Gasteiger partial charge in [0.05, 0.1) is 0 Å². The fourth-order valence-corrected chi connectivity index (χ4v) is 1.26. The van der Waals surface area contributed by atoms with Crippen LogP contribution in [0.5, 0.6) is 0 Å². The van der Waals surface area contributed by atoms with Gasteiger partial charge in [-0.25, -0.2) is 0 Å². The maximum Gasteiger partial charge on any atom is 0.254 e. The smallest absolute Gasteiger partial charge is 0.254 e. The molecule has 0 saturated carbocycles. The minimum Gasteiger partial charge on any atom is -0.370 e. The molecule has 0 aliphatic rings. The van der Waals surface area contributed by atoms with Gasteiger partial charge < -0.3 is 15.8 Å². The maximum absolute atomic E-state index is 11.6. The molecule has 0 radical (unpaired) electrons. The fourth-order valence-electron chi connectivity index (χ4n) is 1.26. The molecule has 0 aliphatic heterocycles. The number of hydrogen-bond donors (Lipinski definition) is 2. The van der Waals surface area contributed by atoms with Gasteiger partial charge in [0.1, 0.15) is 6.10 Å². The summed E-state index contributed by atoms with van der Waals surface area (Å²) in [5, 5.41) is 2.74. The number of aryl methyl sites for hydroxylation is 1. The Kier molecular flexibility index (Phi) is 4.27. The Balaban J connectivity index is 2.65. The highest BCUT2D eigenvalue weighted by molar-refractivity contribution is 5.94. The normalized spacial score (nSPS) is 12.2. The molecular weight excluding hydrogens is 192 g/mol. The van der Waals surface area contributed by atoms with Gasteiger partial charge in [-0.1, -0.05) is 12.1 Å². The van der Waals surface area contributed by atoms with Crippen molar-refractivity contribution in [2.45, 2.75) is 13.0 Å². The second-order valence-corrected chi connectivity index (χ2v) is 3.32. The van der Waals surface area contributed by atoms with Crippen LogP contribution >= 0.6 is 0 Å². The summed E-state index contributed by atoms with van der Waals surface area (Å²) in [5.41, 5.74) is 7.23. The summed E-state index contributed by atoms with van der Waals surface area (Å²) in [6.45, 7) is 2.14. The Hall–Kier alpha value is -1.39. The summed E-state index contributed by atoms with van der Waals surface area (Å²) in [7, 11) is 1.47. The molecule has 4 heteroatoms. The zero-order chi connectivity index (χ0) is 11.3. The van der Waals surface area contributed by atoms with Gasteiger partial charge in [0.25, 0.3) is 5.91 Å². The Bertz CT molecular complexity index is 335. The van der Waals surface area contributed by atoms with Gasteiger partial charge in [0.2, 0.25) is 0 Å². The second-order valence-electron chi connectivity index (χ2n) is 3.32. The van der Waals surface area contributed by atoms with Crippen LogP contribution in [0.3, 0.4) is 0 Å². The lowest BCUT2D eigenvalue weighted by Crippen LogP contribution is -2.35. The van der Waals surface area contributed by atoms with E-state index in [0.717, 1.165) is 11.3 Å². The van der Waals surface area contributed by atoms with Crippen LogP contribution in [0.1, 0.15) is 5.56 Å². The van der Waals surface area contributed by atoms with Crippen LogP contribution in [-0.2, 0) is 9.53 Å². The van der Waals surface area contributed by atoms with Crippen LogP contribution in [0.25, 0.3) is 0 Å². The molecule has 1 amide bonds. The monoisotopic (exact) mass is 208 g/mol. The zero-order valence-corrected chi connectivity index (χ0v) is 8.99. The van der Waals surface area contributed by atoms with Crippen molar-refractivity contribution in [2.75, 3.05) is 19.0 Å². The van der Waals surface area contributed by atoms with Crippen molar-refractivity contribution in [3.63, 3.8) is 0 Å². The number of rotatable bonds is 4. The van der Waals surface area contributed by atoms with E-state index < -0.39 is 6.10 Å². The number of amides is 1. The standard InChI is InChI=1S/C11H16N2O2/c1-8-4-3-5-9(6-8)13-11(14)10(7-12)15-2/h3-6,10H,7,12H2,1-2H3,(H,13,14). The van der Waals surface area contributed by atoms with E-state index in [0.29, 0.717) is 0 Å². The first-order valence-electron chi connectivity index (χ1n) is 4.77. The zero-order valence-electron chi connectivity index (χ0n) is 8.99. The molecule has 0 saturated heterocycles. The number of hydrogen-bond acceptors (Lipinski definition) is 3. The van der Waals surface area contributed by atoms with Crippen LogP contribution in [0.15, 0.2) is 24.3 Å². The summed E-state index contributed by atoms with van der Waals surface area (Å²) in [6, 6.07) is 7.57. The number of carbonyl (C=O) groups excluding carboxylic acids is 1. The molecule has 82 valence electrons. The quantitative estimate of drug-likeness (QED) is 0.773. The van der Waals surface area contributed by atoms with Crippen LogP contribution in [0.2, 0.25) is 0 Å². The Morgan fingerprint density at radius 1 is 1.60 bits per heavy atom. The van der Waals surface area contributed by atoms with E-state index >= 15 is 0 Å². The van der Waals surface area contributed by atoms with Crippen LogP contribution in [0, 0.1) is 6.92 Å². The molecule has 1 rings (SSSR count). The SMILES string of the molecule is COC(CN)C(=O)Nc1cccc(C)c1. The topological polar surface area (TPSA) is 64.3 Å². The number of methoxy groups -OCH3 is 1. The fraction of sp³-hybridized carbons (Fsp3) is 0.364. The Labute approximate surface area is 89.4 Å². The summed E-state index contributed by atoms with van der Waals surface area (Å²) in [6.07, 6.45) is -0.592. The van der Waals surface area contributed by atoms with E-state index in [1.165, 1.54) is 7.11 Å². The lowest BCUT2D eigenvalue weighted by Gasteiger charge is -2.13. The van der Waals surface area contributed by atoms with Gasteiger partial charge >= 0.3 is 0 Å². The second kappa shape index (κ2) is 5.48. The van der Waals surface area contributed by atoms with E-state index in [-0.39, 0.29) is 12.5 Å². The number of nitrogens with one attached hydrogen (secondary N) is 1. The summed E-state index contributed by atoms with van der Waals surface area (Å²) >= 11 is 0. The highest BCUT2D eigenvalue weighted by atomic mass is 16.5. The Morgan fingerprint density at radius 2 is 2.33 bits per heavy atom. The van der Waals surface area contributed by atoms with Gasteiger partial charge in [-0.15, -0.1) is 0 Å². The largest absolute Gasteiger partial charge is 0.370 e. The van der Waals surface area contributed by atoms with E-state index in [1.807, 2.05) is 31.2 Å². The summed E-state index contributed by atoms with van der Waals surface area (Å²) in [4.78, 5) is 11.6. The molecule has 0 heterocycles. The van der Waals surface area contributed by atoms with Crippen molar-refractivity contribution in [3.8, 4) is 0 Å². The number of nitrogens with two attached hydrogens (primary N) is 1. The lowest BCUT2D eigenvalue weighted by molar-refractivity contribution is -0.125. The van der Waals surface area contributed by atoms with Crippen molar-refractivity contribution < 1.29 is 9.53 Å². The van der Waals surface area contributed by atoms with Crippen LogP contribution < -0.4 is 11.1 Å². The molecule has 1 atom stereocenters. The van der Waals surface area contributed by atoms with E-state index in [2.05, 4.69) is 5.32 Å². The first-order chi connectivity index (χ1) is 7.17. The van der Waals surface area contributed by atoms with Crippen molar-refractivity contribution in [2.24, 2.45) is 5.73 Å². The van der Waals surface area contributed by atoms with Gasteiger partial charge in [0, 0.05) is 19.3 Å². The minimum absolute atomic E-state index is 0.175. The number of benzene rings is 1. The molecule has 3 N–H and O–H groups in total. The number of carbonyl (C=O) groups is 1. The van der Waals surface area contributed by atoms with Crippen molar-refractivity contribution >= 4 is 11.6 Å². The van der Waals surface area contributed by atoms with Crippen LogP contribution in [0.4, 0.5) is 5.69 Å². The minimum atomic E-state index is -0.592. The molecule has 1 aromatic rings. The third-order valence-corrected chi connectivity index (χ3v) is 2.08. The predicted molar refractivity (Wildman–Crippen MR) is 59.7 cm³/mol. The molecule has 1 aromatic carbocycles. The highest BCUT2D eigenvalue weighted by Gasteiger charge is 2.15. The van der Waals surface area contributed by atoms with Gasteiger partial charge in [-0.2, -0.15) is 0 Å². The van der Waals surface area contributed by atoms with E-state index in [9.17, 15) is 4.79 Å². The summed E-state index contributed by atoms with van der Waals surface area (Å²) in [5.74, 6) is -0.217. The first-order valence-corrected chi connectivity index (χ1v) is 4.77. The van der Waals surface area contributed by atoms with Crippen LogP contribution in [-0.4, -0.2) is 25.7 Å². The molecule has 1 unspecified atom stereocenters. The molecule has 4 nitrogen and oxygen atoms in total. The molecule has 0 fully saturated rings. The molecule has 15 heavy (non-hydrogen) atoms. The van der Waals surface area contributed by atoms with Crippen molar-refractivity contribution in [1.29, 1.82) is 0 Å². The molecule has 0 aliphatic carbocycles. The molecule has 0 aromatic heterocycles. The molecule has 0 bridgehead atoms. The maximum atomic E-state index is 11.6. The lowest BCUT2D eigenvalue weighted by atomic mass is 10.2. The average molecular weight is 208 g/mol. The number of anilines is 1. The van der Waals surface area contributed by atoms with Gasteiger partial charge in [-0.3, -0.25) is 4.79 Å². The van der Waals surface area contributed by atoms with Gasteiger partial charge in [0.15, 0.2) is 0 Å². The number of ether oxygens (including phenoxy) is 1.